The minimum absolute atomic E-state index is 0.00877. The lowest BCUT2D eigenvalue weighted by atomic mass is 9.88. The zero-order chi connectivity index (χ0) is 41.0. The molecular formula is C41H52FN5O10S. The van der Waals surface area contributed by atoms with Crippen LogP contribution in [-0.4, -0.2) is 110 Å². The molecule has 5 fully saturated rings. The fraction of sp³-hybridized carbons (Fsp3) is 0.634. The number of carbonyl (C=O) groups excluding carboxylic acids is 4. The predicted octanol–water partition coefficient (Wildman–Crippen LogP) is 3.70. The molecule has 15 nitrogen and oxygen atoms in total. The largest absolute Gasteiger partial charge is 0.494 e. The van der Waals surface area contributed by atoms with E-state index in [1.807, 2.05) is 43.3 Å². The molecule has 3 aliphatic heterocycles. The van der Waals surface area contributed by atoms with Crippen LogP contribution in [0.2, 0.25) is 0 Å². The Labute approximate surface area is 337 Å². The van der Waals surface area contributed by atoms with Gasteiger partial charge in [0.2, 0.25) is 27.7 Å². The summed E-state index contributed by atoms with van der Waals surface area (Å²) in [5, 5.41) is 7.13. The van der Waals surface area contributed by atoms with Crippen LogP contribution < -0.4 is 24.8 Å². The number of hydrogen-bond acceptors (Lipinski definition) is 11. The van der Waals surface area contributed by atoms with Gasteiger partial charge < -0.3 is 34.5 Å². The van der Waals surface area contributed by atoms with Crippen molar-refractivity contribution in [3.8, 4) is 11.6 Å². The number of allylic oxidation sites excluding steroid dienone is 1. The summed E-state index contributed by atoms with van der Waals surface area (Å²) >= 11 is 0. The van der Waals surface area contributed by atoms with Gasteiger partial charge in [0.15, 0.2) is 5.60 Å². The van der Waals surface area contributed by atoms with Gasteiger partial charge in [0, 0.05) is 29.0 Å². The van der Waals surface area contributed by atoms with Gasteiger partial charge in [-0.15, -0.1) is 0 Å². The van der Waals surface area contributed by atoms with E-state index < -0.39 is 80.5 Å². The summed E-state index contributed by atoms with van der Waals surface area (Å²) < 4.78 is 64.2. The first-order valence-electron chi connectivity index (χ1n) is 20.3. The standard InChI is InChI=1S/C41H52FN5O10S/c1-24-8-4-5-9-27-18-41(27,37(50)46-58(52,53)39(21-42)14-15-39)45-34(48)31-17-28(56-35-30-11-7-6-10-29(30)32(54-3)19-43-35)20-47(31)36(49)33(25(2)16-24)44-38(51)57-40(22-55-23-40)26-12-13-26/h5-7,9-11,19,24-28,31,33H,4,8,12-18,20-23H2,1-3H3,(H,44,51)(H,45,48)(H,46,50). The second-order valence-corrected chi connectivity index (χ2v) is 19.4. The van der Waals surface area contributed by atoms with Gasteiger partial charge in [-0.05, 0) is 69.3 Å². The number of methoxy groups -OCH3 is 1. The van der Waals surface area contributed by atoms with Gasteiger partial charge in [0.05, 0.1) is 33.1 Å². The first kappa shape index (κ1) is 40.3. The van der Waals surface area contributed by atoms with Crippen molar-refractivity contribution >= 4 is 44.6 Å². The normalized spacial score (nSPS) is 31.6. The highest BCUT2D eigenvalue weighted by Gasteiger charge is 2.64. The molecule has 58 heavy (non-hydrogen) atoms. The van der Waals surface area contributed by atoms with Crippen LogP contribution in [0.15, 0.2) is 42.6 Å². The van der Waals surface area contributed by atoms with Crippen molar-refractivity contribution < 1.29 is 50.9 Å². The van der Waals surface area contributed by atoms with E-state index in [0.29, 0.717) is 24.0 Å². The van der Waals surface area contributed by atoms with E-state index in [-0.39, 0.29) is 69.1 Å². The Kier molecular flexibility index (Phi) is 10.6. The van der Waals surface area contributed by atoms with E-state index in [1.165, 1.54) is 18.2 Å². The number of halogens is 1. The number of carbonyl (C=O) groups is 4. The maximum atomic E-state index is 15.0. The van der Waals surface area contributed by atoms with E-state index >= 15 is 0 Å². The van der Waals surface area contributed by atoms with E-state index in [4.69, 9.17) is 18.9 Å². The van der Waals surface area contributed by atoms with Crippen molar-refractivity contribution in [2.75, 3.05) is 33.5 Å². The highest BCUT2D eigenvalue weighted by atomic mass is 32.2. The van der Waals surface area contributed by atoms with Crippen LogP contribution in [0.1, 0.15) is 71.6 Å². The first-order valence-corrected chi connectivity index (χ1v) is 21.8. The third-order valence-electron chi connectivity index (χ3n) is 13.1. The zero-order valence-electron chi connectivity index (χ0n) is 33.0. The fourth-order valence-electron chi connectivity index (χ4n) is 8.94. The monoisotopic (exact) mass is 825 g/mol. The molecule has 6 aliphatic rings. The molecular weight excluding hydrogens is 774 g/mol. The summed E-state index contributed by atoms with van der Waals surface area (Å²) in [4.78, 5) is 63.0. The molecule has 3 N–H and O–H groups in total. The maximum absolute atomic E-state index is 15.0. The summed E-state index contributed by atoms with van der Waals surface area (Å²) in [6, 6.07) is 5.09. The average molecular weight is 826 g/mol. The Morgan fingerprint density at radius 1 is 1.09 bits per heavy atom. The molecule has 1 aromatic carbocycles. The summed E-state index contributed by atoms with van der Waals surface area (Å²) in [6.07, 6.45) is 7.81. The van der Waals surface area contributed by atoms with E-state index in [0.717, 1.165) is 24.6 Å². The molecule has 4 heterocycles. The SMILES string of the molecule is COc1cnc(OC2CC3C(=O)NC4(C(=O)NS(=O)(=O)C5(CF)CC5)CC4C=CCCC(C)CC(C)C(NC(=O)OC4(C5CC5)COC4)C(=O)N3C2)c2ccccc12. The smallest absolute Gasteiger partial charge is 0.408 e. The van der Waals surface area contributed by atoms with Crippen LogP contribution in [0, 0.1) is 23.7 Å². The third kappa shape index (κ3) is 7.48. The predicted molar refractivity (Wildman–Crippen MR) is 208 cm³/mol. The molecule has 4 amide bonds. The number of hydrogen-bond donors (Lipinski definition) is 3. The number of benzene rings is 1. The summed E-state index contributed by atoms with van der Waals surface area (Å²) in [6.45, 7) is 3.33. The Morgan fingerprint density at radius 3 is 2.48 bits per heavy atom. The van der Waals surface area contributed by atoms with E-state index in [2.05, 4.69) is 27.3 Å². The number of fused-ring (bicyclic) bond motifs is 3. The Morgan fingerprint density at radius 2 is 1.83 bits per heavy atom. The summed E-state index contributed by atoms with van der Waals surface area (Å²) in [5.41, 5.74) is -2.39. The Hall–Kier alpha value is -4.51. The molecule has 3 aliphatic carbocycles. The van der Waals surface area contributed by atoms with E-state index in [1.54, 1.807) is 0 Å². The molecule has 8 rings (SSSR count). The number of rotatable bonds is 10. The van der Waals surface area contributed by atoms with Crippen molar-refractivity contribution in [2.45, 2.75) is 106 Å². The fourth-order valence-corrected chi connectivity index (χ4v) is 10.4. The first-order chi connectivity index (χ1) is 27.7. The number of amides is 4. The molecule has 17 heteroatoms. The topological polar surface area (TPSA) is 192 Å². The lowest BCUT2D eigenvalue weighted by Gasteiger charge is -2.41. The van der Waals surface area contributed by atoms with Crippen molar-refractivity contribution in [3.63, 3.8) is 0 Å². The van der Waals surface area contributed by atoms with Crippen LogP contribution in [-0.2, 0) is 33.9 Å². The maximum Gasteiger partial charge on any atom is 0.408 e. The number of aromatic nitrogens is 1. The minimum atomic E-state index is -4.39. The van der Waals surface area contributed by atoms with Crippen molar-refractivity contribution in [2.24, 2.45) is 23.7 Å². The van der Waals surface area contributed by atoms with Gasteiger partial charge in [-0.25, -0.2) is 22.6 Å². The van der Waals surface area contributed by atoms with Crippen LogP contribution in [0.4, 0.5) is 9.18 Å². The quantitative estimate of drug-likeness (QED) is 0.296. The number of alkyl carbamates (subject to hydrolysis) is 1. The van der Waals surface area contributed by atoms with Crippen LogP contribution in [0.3, 0.4) is 0 Å². The number of nitrogens with one attached hydrogen (secondary N) is 3. The number of pyridine rings is 1. The molecule has 2 saturated heterocycles. The average Bonchev–Trinajstić information content (AvgIpc) is 4.10. The van der Waals surface area contributed by atoms with Gasteiger partial charge in [0.1, 0.15) is 40.9 Å². The van der Waals surface area contributed by atoms with Gasteiger partial charge in [-0.1, -0.05) is 44.2 Å². The summed E-state index contributed by atoms with van der Waals surface area (Å²) in [5.74, 6) is -1.98. The van der Waals surface area contributed by atoms with Crippen molar-refractivity contribution in [1.82, 2.24) is 25.2 Å². The summed E-state index contributed by atoms with van der Waals surface area (Å²) in [7, 11) is -2.85. The van der Waals surface area contributed by atoms with Crippen molar-refractivity contribution in [3.05, 3.63) is 42.6 Å². The molecule has 3 saturated carbocycles. The lowest BCUT2D eigenvalue weighted by molar-refractivity contribution is -0.190. The van der Waals surface area contributed by atoms with E-state index in [9.17, 15) is 32.0 Å². The molecule has 1 aromatic heterocycles. The van der Waals surface area contributed by atoms with Gasteiger partial charge in [0.25, 0.3) is 5.91 Å². The number of nitrogens with zero attached hydrogens (tertiary/aromatic N) is 2. The van der Waals surface area contributed by atoms with Crippen LogP contribution >= 0.6 is 0 Å². The Balaban J connectivity index is 1.11. The lowest BCUT2D eigenvalue weighted by Crippen LogP contribution is -2.61. The highest BCUT2D eigenvalue weighted by molar-refractivity contribution is 7.91. The third-order valence-corrected chi connectivity index (χ3v) is 15.2. The molecule has 0 spiro atoms. The highest BCUT2D eigenvalue weighted by Crippen LogP contribution is 2.48. The molecule has 0 bridgehead atoms. The number of ether oxygens (including phenoxy) is 4. The van der Waals surface area contributed by atoms with Gasteiger partial charge >= 0.3 is 6.09 Å². The molecule has 7 atom stereocenters. The number of alkyl halides is 1. The van der Waals surface area contributed by atoms with Crippen LogP contribution in [0.25, 0.3) is 10.8 Å². The Bertz CT molecular complexity index is 2110. The molecule has 314 valence electrons. The minimum Gasteiger partial charge on any atom is -0.494 e. The molecule has 7 unspecified atom stereocenters. The second kappa shape index (κ2) is 15.3. The van der Waals surface area contributed by atoms with Gasteiger partial charge in [-0.2, -0.15) is 0 Å². The van der Waals surface area contributed by atoms with Crippen LogP contribution in [0.5, 0.6) is 11.6 Å². The van der Waals surface area contributed by atoms with Crippen molar-refractivity contribution in [1.29, 1.82) is 0 Å². The second-order valence-electron chi connectivity index (χ2n) is 17.3. The number of sulfonamides is 1. The molecule has 2 aromatic rings. The zero-order valence-corrected chi connectivity index (χ0v) is 33.9. The van der Waals surface area contributed by atoms with Gasteiger partial charge in [-0.3, -0.25) is 19.1 Å². The molecule has 0 radical (unpaired) electrons.